The topological polar surface area (TPSA) is 58.2 Å². The van der Waals surface area contributed by atoms with Crippen LogP contribution in [0.2, 0.25) is 0 Å². The Bertz CT molecular complexity index is 519. The molecule has 0 aromatic heterocycles. The van der Waals surface area contributed by atoms with Gasteiger partial charge in [-0.25, -0.2) is 0 Å². The van der Waals surface area contributed by atoms with Crippen LogP contribution < -0.4 is 10.6 Å². The standard InChI is InChI=1S/C16H22N2O2/c1-4-11-7-5-6-8-13(11)18-15(20)16(2,3)14(19)17-12-9-10-12/h5-8,12H,4,9-10H2,1-3H3,(H,17,19)(H,18,20). The largest absolute Gasteiger partial charge is 0.352 e. The number of hydrogen-bond acceptors (Lipinski definition) is 2. The minimum Gasteiger partial charge on any atom is -0.352 e. The molecule has 4 heteroatoms. The first-order chi connectivity index (χ1) is 9.45. The second-order valence-electron chi connectivity index (χ2n) is 5.84. The number of aryl methyl sites for hydroxylation is 1. The molecule has 4 nitrogen and oxygen atoms in total. The van der Waals surface area contributed by atoms with Crippen molar-refractivity contribution in [1.82, 2.24) is 5.32 Å². The minimum absolute atomic E-state index is 0.202. The highest BCUT2D eigenvalue weighted by Gasteiger charge is 2.38. The van der Waals surface area contributed by atoms with E-state index < -0.39 is 5.41 Å². The molecular formula is C16H22N2O2. The predicted octanol–water partition coefficient (Wildman–Crippen LogP) is 2.49. The van der Waals surface area contributed by atoms with Crippen molar-refractivity contribution in [2.24, 2.45) is 5.41 Å². The number of anilines is 1. The van der Waals surface area contributed by atoms with E-state index in [1.165, 1.54) is 0 Å². The second-order valence-corrected chi connectivity index (χ2v) is 5.84. The van der Waals surface area contributed by atoms with E-state index in [4.69, 9.17) is 0 Å². The van der Waals surface area contributed by atoms with Crippen LogP contribution in [0.15, 0.2) is 24.3 Å². The van der Waals surface area contributed by atoms with Gasteiger partial charge in [-0.1, -0.05) is 25.1 Å². The van der Waals surface area contributed by atoms with Crippen LogP contribution in [0.3, 0.4) is 0 Å². The van der Waals surface area contributed by atoms with Crippen molar-refractivity contribution in [3.63, 3.8) is 0 Å². The number of nitrogens with one attached hydrogen (secondary N) is 2. The molecule has 2 N–H and O–H groups in total. The lowest BCUT2D eigenvalue weighted by atomic mass is 9.90. The smallest absolute Gasteiger partial charge is 0.239 e. The Morgan fingerprint density at radius 3 is 2.45 bits per heavy atom. The molecule has 1 aromatic rings. The zero-order valence-corrected chi connectivity index (χ0v) is 12.3. The Morgan fingerprint density at radius 2 is 1.85 bits per heavy atom. The average Bonchev–Trinajstić information content (AvgIpc) is 3.23. The summed E-state index contributed by atoms with van der Waals surface area (Å²) >= 11 is 0. The fourth-order valence-corrected chi connectivity index (χ4v) is 1.93. The van der Waals surface area contributed by atoms with E-state index >= 15 is 0 Å². The van der Waals surface area contributed by atoms with Crippen molar-refractivity contribution in [3.8, 4) is 0 Å². The molecule has 1 aliphatic carbocycles. The molecule has 0 atom stereocenters. The quantitative estimate of drug-likeness (QED) is 0.810. The van der Waals surface area contributed by atoms with Crippen molar-refractivity contribution in [2.45, 2.75) is 46.1 Å². The summed E-state index contributed by atoms with van der Waals surface area (Å²) in [4.78, 5) is 24.5. The number of rotatable bonds is 5. The molecule has 0 radical (unpaired) electrons. The van der Waals surface area contributed by atoms with Crippen LogP contribution in [0, 0.1) is 5.41 Å². The van der Waals surface area contributed by atoms with E-state index in [1.807, 2.05) is 31.2 Å². The molecule has 1 saturated carbocycles. The number of para-hydroxylation sites is 1. The molecule has 108 valence electrons. The van der Waals surface area contributed by atoms with E-state index in [2.05, 4.69) is 10.6 Å². The monoisotopic (exact) mass is 274 g/mol. The lowest BCUT2D eigenvalue weighted by Gasteiger charge is -2.23. The number of carbonyl (C=O) groups is 2. The normalized spacial score (nSPS) is 14.8. The van der Waals surface area contributed by atoms with Gasteiger partial charge in [0.25, 0.3) is 0 Å². The number of benzene rings is 1. The lowest BCUT2D eigenvalue weighted by Crippen LogP contribution is -2.45. The second kappa shape index (κ2) is 5.65. The lowest BCUT2D eigenvalue weighted by molar-refractivity contribution is -0.138. The number of hydrogen-bond donors (Lipinski definition) is 2. The van der Waals surface area contributed by atoms with Gasteiger partial charge in [0, 0.05) is 11.7 Å². The van der Waals surface area contributed by atoms with E-state index in [1.54, 1.807) is 13.8 Å². The summed E-state index contributed by atoms with van der Waals surface area (Å²) in [5.74, 6) is -0.469. The van der Waals surface area contributed by atoms with E-state index in [9.17, 15) is 9.59 Å². The molecule has 1 aromatic carbocycles. The van der Waals surface area contributed by atoms with Crippen molar-refractivity contribution in [1.29, 1.82) is 0 Å². The maximum atomic E-state index is 12.4. The zero-order chi connectivity index (χ0) is 14.8. The van der Waals surface area contributed by atoms with Gasteiger partial charge in [-0.05, 0) is 44.7 Å². The first-order valence-corrected chi connectivity index (χ1v) is 7.15. The predicted molar refractivity (Wildman–Crippen MR) is 79.4 cm³/mol. The Labute approximate surface area is 119 Å². The fourth-order valence-electron chi connectivity index (χ4n) is 1.93. The molecule has 2 rings (SSSR count). The molecular weight excluding hydrogens is 252 g/mol. The van der Waals surface area contributed by atoms with Crippen LogP contribution in [-0.4, -0.2) is 17.9 Å². The third-order valence-corrected chi connectivity index (χ3v) is 3.69. The third-order valence-electron chi connectivity index (χ3n) is 3.69. The van der Waals surface area contributed by atoms with E-state index in [-0.39, 0.29) is 17.9 Å². The van der Waals surface area contributed by atoms with Gasteiger partial charge in [0.2, 0.25) is 11.8 Å². The molecule has 0 aliphatic heterocycles. The molecule has 0 spiro atoms. The highest BCUT2D eigenvalue weighted by Crippen LogP contribution is 2.25. The van der Waals surface area contributed by atoms with Gasteiger partial charge in [0.1, 0.15) is 5.41 Å². The van der Waals surface area contributed by atoms with Gasteiger partial charge in [-0.2, -0.15) is 0 Å². The van der Waals surface area contributed by atoms with Crippen LogP contribution >= 0.6 is 0 Å². The van der Waals surface area contributed by atoms with Gasteiger partial charge >= 0.3 is 0 Å². The van der Waals surface area contributed by atoms with Gasteiger partial charge in [0.15, 0.2) is 0 Å². The average molecular weight is 274 g/mol. The number of carbonyl (C=O) groups excluding carboxylic acids is 2. The van der Waals surface area contributed by atoms with E-state index in [0.717, 1.165) is 30.5 Å². The van der Waals surface area contributed by atoms with Crippen molar-refractivity contribution in [2.75, 3.05) is 5.32 Å². The maximum absolute atomic E-state index is 12.4. The molecule has 0 heterocycles. The van der Waals surface area contributed by atoms with Crippen LogP contribution in [0.4, 0.5) is 5.69 Å². The molecule has 0 bridgehead atoms. The highest BCUT2D eigenvalue weighted by molar-refractivity contribution is 6.10. The van der Waals surface area contributed by atoms with Crippen LogP contribution in [0.5, 0.6) is 0 Å². The van der Waals surface area contributed by atoms with E-state index in [0.29, 0.717) is 0 Å². The van der Waals surface area contributed by atoms with Gasteiger partial charge in [0.05, 0.1) is 0 Å². The van der Waals surface area contributed by atoms with Crippen LogP contribution in [0.25, 0.3) is 0 Å². The summed E-state index contributed by atoms with van der Waals surface area (Å²) in [7, 11) is 0. The molecule has 20 heavy (non-hydrogen) atoms. The molecule has 2 amide bonds. The summed E-state index contributed by atoms with van der Waals surface area (Å²) in [5.41, 5.74) is 0.787. The Balaban J connectivity index is 2.07. The third kappa shape index (κ3) is 3.18. The minimum atomic E-state index is -1.07. The SMILES string of the molecule is CCc1ccccc1NC(=O)C(C)(C)C(=O)NC1CC1. The summed E-state index contributed by atoms with van der Waals surface area (Å²) in [6, 6.07) is 7.93. The molecule has 0 saturated heterocycles. The Kier molecular flexibility index (Phi) is 4.12. The van der Waals surface area contributed by atoms with Gasteiger partial charge < -0.3 is 10.6 Å². The van der Waals surface area contributed by atoms with Crippen molar-refractivity contribution < 1.29 is 9.59 Å². The van der Waals surface area contributed by atoms with Crippen molar-refractivity contribution >= 4 is 17.5 Å². The molecule has 1 aliphatic rings. The first-order valence-electron chi connectivity index (χ1n) is 7.15. The van der Waals surface area contributed by atoms with Gasteiger partial charge in [-0.3, -0.25) is 9.59 Å². The molecule has 1 fully saturated rings. The summed E-state index contributed by atoms with van der Waals surface area (Å²) < 4.78 is 0. The van der Waals surface area contributed by atoms with Gasteiger partial charge in [-0.15, -0.1) is 0 Å². The maximum Gasteiger partial charge on any atom is 0.239 e. The Morgan fingerprint density at radius 1 is 1.20 bits per heavy atom. The fraction of sp³-hybridized carbons (Fsp3) is 0.500. The number of amides is 2. The van der Waals surface area contributed by atoms with Crippen LogP contribution in [-0.2, 0) is 16.0 Å². The van der Waals surface area contributed by atoms with Crippen LogP contribution in [0.1, 0.15) is 39.2 Å². The summed E-state index contributed by atoms with van der Waals surface area (Å²) in [6.07, 6.45) is 2.87. The summed E-state index contributed by atoms with van der Waals surface area (Å²) in [6.45, 7) is 5.36. The molecule has 0 unspecified atom stereocenters. The first kappa shape index (κ1) is 14.6. The summed E-state index contributed by atoms with van der Waals surface area (Å²) in [5, 5.41) is 5.77. The highest BCUT2D eigenvalue weighted by atomic mass is 16.2. The van der Waals surface area contributed by atoms with Crippen molar-refractivity contribution in [3.05, 3.63) is 29.8 Å². The Hall–Kier alpha value is -1.84. The zero-order valence-electron chi connectivity index (χ0n) is 12.3.